The molecule has 0 saturated carbocycles. The Morgan fingerprint density at radius 2 is 1.95 bits per heavy atom. The van der Waals surface area contributed by atoms with Crippen LogP contribution in [0.2, 0.25) is 0 Å². The van der Waals surface area contributed by atoms with Crippen molar-refractivity contribution in [1.29, 1.82) is 0 Å². The third-order valence-electron chi connectivity index (χ3n) is 3.21. The first-order valence-electron chi connectivity index (χ1n) is 7.22. The van der Waals surface area contributed by atoms with Crippen molar-refractivity contribution >= 4 is 11.8 Å². The number of hydrogen-bond acceptors (Lipinski definition) is 5. The van der Waals surface area contributed by atoms with Gasteiger partial charge in [-0.25, -0.2) is 4.79 Å². The van der Waals surface area contributed by atoms with E-state index in [0.29, 0.717) is 6.42 Å². The first-order valence-corrected chi connectivity index (χ1v) is 7.22. The highest BCUT2D eigenvalue weighted by Gasteiger charge is 2.34. The topological polar surface area (TPSA) is 93.1 Å². The summed E-state index contributed by atoms with van der Waals surface area (Å²) in [5.41, 5.74) is 0.935. The van der Waals surface area contributed by atoms with Crippen molar-refractivity contribution in [2.75, 3.05) is 14.2 Å². The van der Waals surface area contributed by atoms with Gasteiger partial charge in [0.05, 0.1) is 14.2 Å². The molecule has 1 rings (SSSR count). The van der Waals surface area contributed by atoms with E-state index in [4.69, 9.17) is 14.6 Å². The number of aliphatic carboxylic acids is 1. The minimum Gasteiger partial charge on any atom is -0.494 e. The fraction of sp³-hybridized carbons (Fsp3) is 0.625. The van der Waals surface area contributed by atoms with Gasteiger partial charge in [0.2, 0.25) is 11.5 Å². The largest absolute Gasteiger partial charge is 0.494 e. The van der Waals surface area contributed by atoms with Crippen LogP contribution in [-0.4, -0.2) is 42.3 Å². The second kappa shape index (κ2) is 10.00. The van der Waals surface area contributed by atoms with Gasteiger partial charge >= 0.3 is 5.97 Å². The standard InChI is InChI=1S/C9H14O4.C7H12O2/c1-5-4-6(10)8(12-2)9(13-3)7(5)11;1-3-4-6(2)5-7(8)9/h5-6,10H,4H2,1-3H3;5H,3-4H2,1-2H3,(H,8,9). The summed E-state index contributed by atoms with van der Waals surface area (Å²) in [7, 11) is 2.82. The molecule has 0 spiro atoms. The van der Waals surface area contributed by atoms with Crippen molar-refractivity contribution < 1.29 is 29.3 Å². The summed E-state index contributed by atoms with van der Waals surface area (Å²) in [5.74, 6) is -0.770. The van der Waals surface area contributed by atoms with Gasteiger partial charge in [-0.15, -0.1) is 0 Å². The lowest BCUT2D eigenvalue weighted by Gasteiger charge is -2.25. The van der Waals surface area contributed by atoms with E-state index in [0.717, 1.165) is 18.4 Å². The Morgan fingerprint density at radius 1 is 1.36 bits per heavy atom. The molecule has 0 amide bonds. The van der Waals surface area contributed by atoms with E-state index in [-0.39, 0.29) is 23.2 Å². The first-order chi connectivity index (χ1) is 10.3. The average Bonchev–Trinajstić information content (AvgIpc) is 2.42. The molecule has 0 aromatic rings. The van der Waals surface area contributed by atoms with E-state index in [1.165, 1.54) is 20.3 Å². The van der Waals surface area contributed by atoms with Crippen molar-refractivity contribution in [3.8, 4) is 0 Å². The number of Topliss-reactive ketones (excluding diaryl/α,β-unsaturated/α-hetero) is 1. The van der Waals surface area contributed by atoms with Crippen LogP contribution in [0.5, 0.6) is 0 Å². The van der Waals surface area contributed by atoms with Crippen LogP contribution in [0.15, 0.2) is 23.2 Å². The normalized spacial score (nSPS) is 21.9. The Kier molecular flexibility index (Phi) is 9.17. The summed E-state index contributed by atoms with van der Waals surface area (Å²) in [6.45, 7) is 5.62. The van der Waals surface area contributed by atoms with Crippen LogP contribution in [0.1, 0.15) is 40.0 Å². The van der Waals surface area contributed by atoms with Crippen molar-refractivity contribution in [2.45, 2.75) is 46.1 Å². The van der Waals surface area contributed by atoms with Gasteiger partial charge in [-0.3, -0.25) is 4.79 Å². The maximum atomic E-state index is 11.5. The zero-order valence-electron chi connectivity index (χ0n) is 13.9. The Labute approximate surface area is 131 Å². The fourth-order valence-corrected chi connectivity index (χ4v) is 2.15. The van der Waals surface area contributed by atoms with Crippen molar-refractivity contribution in [3.05, 3.63) is 23.2 Å². The molecule has 0 bridgehead atoms. The van der Waals surface area contributed by atoms with Gasteiger partial charge in [0.15, 0.2) is 5.76 Å². The van der Waals surface area contributed by atoms with Crippen LogP contribution in [-0.2, 0) is 19.1 Å². The zero-order valence-corrected chi connectivity index (χ0v) is 13.9. The molecule has 0 heterocycles. The lowest BCUT2D eigenvalue weighted by molar-refractivity contribution is -0.131. The van der Waals surface area contributed by atoms with Gasteiger partial charge in [-0.05, 0) is 19.8 Å². The number of allylic oxidation sites excluding steroid dienone is 2. The third-order valence-corrected chi connectivity index (χ3v) is 3.21. The van der Waals surface area contributed by atoms with E-state index in [2.05, 4.69) is 0 Å². The third kappa shape index (κ3) is 6.30. The smallest absolute Gasteiger partial charge is 0.328 e. The molecule has 0 fully saturated rings. The van der Waals surface area contributed by atoms with Crippen LogP contribution < -0.4 is 0 Å². The van der Waals surface area contributed by atoms with Gasteiger partial charge < -0.3 is 19.7 Å². The molecule has 2 N–H and O–H groups in total. The van der Waals surface area contributed by atoms with Crippen LogP contribution in [0.25, 0.3) is 0 Å². The number of methoxy groups -OCH3 is 2. The number of carbonyl (C=O) groups is 2. The SMILES string of the molecule is CCCC(C)=CC(=O)O.COC1=C(OC)C(O)CC(C)C1=O. The lowest BCUT2D eigenvalue weighted by Crippen LogP contribution is -2.31. The molecular formula is C16H26O6. The molecule has 0 aromatic heterocycles. The number of ketones is 1. The van der Waals surface area contributed by atoms with Gasteiger partial charge in [0, 0.05) is 12.0 Å². The number of aliphatic hydroxyl groups is 1. The Morgan fingerprint density at radius 3 is 2.36 bits per heavy atom. The maximum Gasteiger partial charge on any atom is 0.328 e. The van der Waals surface area contributed by atoms with E-state index in [1.54, 1.807) is 6.92 Å². The van der Waals surface area contributed by atoms with Gasteiger partial charge in [-0.1, -0.05) is 25.8 Å². The Balaban J connectivity index is 0.000000433. The molecule has 6 nitrogen and oxygen atoms in total. The summed E-state index contributed by atoms with van der Waals surface area (Å²) in [6.07, 6.45) is 2.81. The monoisotopic (exact) mass is 314 g/mol. The molecule has 126 valence electrons. The molecule has 0 aromatic carbocycles. The summed E-state index contributed by atoms with van der Waals surface area (Å²) < 4.78 is 9.80. The zero-order chi connectivity index (χ0) is 17.3. The highest BCUT2D eigenvalue weighted by atomic mass is 16.5. The quantitative estimate of drug-likeness (QED) is 0.756. The van der Waals surface area contributed by atoms with Gasteiger partial charge in [-0.2, -0.15) is 0 Å². The molecule has 1 aliphatic rings. The molecule has 22 heavy (non-hydrogen) atoms. The van der Waals surface area contributed by atoms with Crippen molar-refractivity contribution in [3.63, 3.8) is 0 Å². The molecule has 0 aliphatic heterocycles. The molecule has 2 unspecified atom stereocenters. The van der Waals surface area contributed by atoms with E-state index in [1.807, 2.05) is 13.8 Å². The van der Waals surface area contributed by atoms with E-state index >= 15 is 0 Å². The highest BCUT2D eigenvalue weighted by molar-refractivity contribution is 5.96. The van der Waals surface area contributed by atoms with Crippen LogP contribution in [0, 0.1) is 5.92 Å². The molecule has 1 aliphatic carbocycles. The number of rotatable bonds is 5. The van der Waals surface area contributed by atoms with Crippen LogP contribution in [0.4, 0.5) is 0 Å². The number of hydrogen-bond donors (Lipinski definition) is 2. The number of aliphatic hydroxyl groups excluding tert-OH is 1. The van der Waals surface area contributed by atoms with E-state index < -0.39 is 12.1 Å². The summed E-state index contributed by atoms with van der Waals surface area (Å²) in [4.78, 5) is 21.5. The molecular weight excluding hydrogens is 288 g/mol. The van der Waals surface area contributed by atoms with Gasteiger partial charge in [0.25, 0.3) is 0 Å². The van der Waals surface area contributed by atoms with Crippen molar-refractivity contribution in [1.82, 2.24) is 0 Å². The number of carbonyl (C=O) groups excluding carboxylic acids is 1. The van der Waals surface area contributed by atoms with Gasteiger partial charge in [0.1, 0.15) is 6.10 Å². The molecule has 6 heteroatoms. The first kappa shape index (κ1) is 20.2. The fourth-order valence-electron chi connectivity index (χ4n) is 2.15. The minimum absolute atomic E-state index is 0.107. The molecule has 2 atom stereocenters. The number of ether oxygens (including phenoxy) is 2. The van der Waals surface area contributed by atoms with Crippen molar-refractivity contribution in [2.24, 2.45) is 5.92 Å². The summed E-state index contributed by atoms with van der Waals surface area (Å²) in [5, 5.41) is 17.8. The predicted octanol–water partition coefficient (Wildman–Crippen LogP) is 2.28. The maximum absolute atomic E-state index is 11.5. The molecule has 0 radical (unpaired) electrons. The Bertz CT molecular complexity index is 450. The summed E-state index contributed by atoms with van der Waals surface area (Å²) in [6, 6.07) is 0. The van der Waals surface area contributed by atoms with E-state index in [9.17, 15) is 14.7 Å². The highest BCUT2D eigenvalue weighted by Crippen LogP contribution is 2.27. The summed E-state index contributed by atoms with van der Waals surface area (Å²) >= 11 is 0. The Hall–Kier alpha value is -1.82. The lowest BCUT2D eigenvalue weighted by atomic mass is 9.90. The predicted molar refractivity (Wildman–Crippen MR) is 82.1 cm³/mol. The van der Waals surface area contributed by atoms with Crippen LogP contribution in [0.3, 0.4) is 0 Å². The minimum atomic E-state index is -0.846. The number of carboxylic acids is 1. The second-order valence-electron chi connectivity index (χ2n) is 5.20. The second-order valence-corrected chi connectivity index (χ2v) is 5.20. The van der Waals surface area contributed by atoms with Crippen LogP contribution >= 0.6 is 0 Å². The molecule has 0 saturated heterocycles. The average molecular weight is 314 g/mol. The number of carboxylic acid groups (broad SMARTS) is 1.